The van der Waals surface area contributed by atoms with Crippen LogP contribution in [0.2, 0.25) is 0 Å². The summed E-state index contributed by atoms with van der Waals surface area (Å²) in [5.74, 6) is 0. The van der Waals surface area contributed by atoms with Gasteiger partial charge in [-0.2, -0.15) is 13.2 Å². The molecular weight excluding hydrogens is 277 g/mol. The van der Waals surface area contributed by atoms with Gasteiger partial charge in [-0.15, -0.1) is 0 Å². The van der Waals surface area contributed by atoms with Crippen LogP contribution >= 0.6 is 0 Å². The van der Waals surface area contributed by atoms with Crippen LogP contribution in [0.25, 0.3) is 0 Å². The molecule has 2 rings (SSSR count). The Balaban J connectivity index is 1.99. The number of halogens is 3. The van der Waals surface area contributed by atoms with Crippen LogP contribution in [-0.4, -0.2) is 5.11 Å². The lowest BCUT2D eigenvalue weighted by Gasteiger charge is -2.17. The molecule has 0 aliphatic rings. The monoisotopic (exact) mass is 294 g/mol. The van der Waals surface area contributed by atoms with E-state index >= 15 is 0 Å². The molecule has 1 atom stereocenters. The Kier molecular flexibility index (Phi) is 5.02. The molecule has 0 aromatic heterocycles. The standard InChI is InChI=1S/C17H17F3O/c18-17(19,20)15-11-5-4-10-14(15)16(21)12-6-9-13-7-2-1-3-8-13/h1-5,7-8,10-11,16,21H,6,9,12H2. The van der Waals surface area contributed by atoms with Gasteiger partial charge in [-0.05, 0) is 36.5 Å². The van der Waals surface area contributed by atoms with Gasteiger partial charge >= 0.3 is 6.18 Å². The topological polar surface area (TPSA) is 20.2 Å². The summed E-state index contributed by atoms with van der Waals surface area (Å²) in [7, 11) is 0. The molecule has 112 valence electrons. The molecule has 0 aliphatic heterocycles. The van der Waals surface area contributed by atoms with Crippen LogP contribution in [0.3, 0.4) is 0 Å². The minimum absolute atomic E-state index is 0.0435. The van der Waals surface area contributed by atoms with Gasteiger partial charge in [-0.1, -0.05) is 48.5 Å². The molecule has 0 saturated heterocycles. The number of rotatable bonds is 5. The van der Waals surface area contributed by atoms with Crippen molar-refractivity contribution in [1.82, 2.24) is 0 Å². The van der Waals surface area contributed by atoms with E-state index in [1.807, 2.05) is 30.3 Å². The van der Waals surface area contributed by atoms with Crippen LogP contribution in [0.5, 0.6) is 0 Å². The zero-order valence-corrected chi connectivity index (χ0v) is 11.5. The minimum atomic E-state index is -4.43. The van der Waals surface area contributed by atoms with E-state index < -0.39 is 17.8 Å². The predicted molar refractivity (Wildman–Crippen MR) is 75.8 cm³/mol. The molecular formula is C17H17F3O. The maximum Gasteiger partial charge on any atom is 0.416 e. The van der Waals surface area contributed by atoms with Crippen LogP contribution in [-0.2, 0) is 12.6 Å². The molecule has 2 aromatic rings. The summed E-state index contributed by atoms with van der Waals surface area (Å²) in [6, 6.07) is 14.9. The Hall–Kier alpha value is -1.81. The summed E-state index contributed by atoms with van der Waals surface area (Å²) in [5.41, 5.74) is 0.323. The fourth-order valence-electron chi connectivity index (χ4n) is 2.35. The first-order valence-electron chi connectivity index (χ1n) is 6.86. The van der Waals surface area contributed by atoms with Gasteiger partial charge in [-0.25, -0.2) is 0 Å². The number of hydrogen-bond donors (Lipinski definition) is 1. The van der Waals surface area contributed by atoms with E-state index in [1.54, 1.807) is 0 Å². The summed E-state index contributed by atoms with van der Waals surface area (Å²) < 4.78 is 38.7. The van der Waals surface area contributed by atoms with Gasteiger partial charge in [0, 0.05) is 0 Å². The van der Waals surface area contributed by atoms with E-state index in [4.69, 9.17) is 0 Å². The number of hydrogen-bond acceptors (Lipinski definition) is 1. The Morgan fingerprint density at radius 2 is 1.52 bits per heavy atom. The number of aliphatic hydroxyl groups is 1. The van der Waals surface area contributed by atoms with E-state index in [-0.39, 0.29) is 5.56 Å². The molecule has 0 saturated carbocycles. The second kappa shape index (κ2) is 6.76. The summed E-state index contributed by atoms with van der Waals surface area (Å²) in [6.45, 7) is 0. The SMILES string of the molecule is OC(CCCc1ccccc1)c1ccccc1C(F)(F)F. The molecule has 21 heavy (non-hydrogen) atoms. The Bertz CT molecular complexity index is 564. The first kappa shape index (κ1) is 15.6. The average Bonchev–Trinajstić information content (AvgIpc) is 2.47. The van der Waals surface area contributed by atoms with Crippen molar-refractivity contribution in [2.45, 2.75) is 31.5 Å². The van der Waals surface area contributed by atoms with Gasteiger partial charge in [0.15, 0.2) is 0 Å². The molecule has 2 aromatic carbocycles. The van der Waals surface area contributed by atoms with Crippen molar-refractivity contribution >= 4 is 0 Å². The lowest BCUT2D eigenvalue weighted by molar-refractivity contribution is -0.139. The van der Waals surface area contributed by atoms with Crippen molar-refractivity contribution in [3.63, 3.8) is 0 Å². The smallest absolute Gasteiger partial charge is 0.388 e. The Morgan fingerprint density at radius 3 is 2.19 bits per heavy atom. The second-order valence-electron chi connectivity index (χ2n) is 4.98. The van der Waals surface area contributed by atoms with Crippen molar-refractivity contribution in [2.24, 2.45) is 0 Å². The van der Waals surface area contributed by atoms with Crippen LogP contribution in [0.4, 0.5) is 13.2 Å². The first-order chi connectivity index (χ1) is 9.98. The molecule has 1 nitrogen and oxygen atoms in total. The number of alkyl halides is 3. The fraction of sp³-hybridized carbons (Fsp3) is 0.294. The predicted octanol–water partition coefficient (Wildman–Crippen LogP) is 4.76. The van der Waals surface area contributed by atoms with E-state index in [0.29, 0.717) is 12.8 Å². The van der Waals surface area contributed by atoms with E-state index in [1.165, 1.54) is 18.2 Å². The van der Waals surface area contributed by atoms with Crippen LogP contribution < -0.4 is 0 Å². The average molecular weight is 294 g/mol. The van der Waals surface area contributed by atoms with Crippen LogP contribution in [0, 0.1) is 0 Å². The van der Waals surface area contributed by atoms with Gasteiger partial charge in [0.1, 0.15) is 0 Å². The highest BCUT2D eigenvalue weighted by molar-refractivity contribution is 5.31. The maximum atomic E-state index is 12.9. The zero-order chi connectivity index (χ0) is 15.3. The highest BCUT2D eigenvalue weighted by atomic mass is 19.4. The first-order valence-corrected chi connectivity index (χ1v) is 6.86. The lowest BCUT2D eigenvalue weighted by Crippen LogP contribution is -2.12. The Labute approximate surface area is 122 Å². The number of benzene rings is 2. The van der Waals surface area contributed by atoms with Gasteiger partial charge in [0.25, 0.3) is 0 Å². The summed E-state index contributed by atoms with van der Waals surface area (Å²) in [5, 5.41) is 10.0. The molecule has 0 radical (unpaired) electrons. The summed E-state index contributed by atoms with van der Waals surface area (Å²) >= 11 is 0. The quantitative estimate of drug-likeness (QED) is 0.842. The zero-order valence-electron chi connectivity index (χ0n) is 11.5. The van der Waals surface area contributed by atoms with Crippen LogP contribution in [0.15, 0.2) is 54.6 Å². The minimum Gasteiger partial charge on any atom is -0.388 e. The van der Waals surface area contributed by atoms with Crippen molar-refractivity contribution < 1.29 is 18.3 Å². The highest BCUT2D eigenvalue weighted by Gasteiger charge is 2.34. The van der Waals surface area contributed by atoms with Crippen molar-refractivity contribution in [2.75, 3.05) is 0 Å². The maximum absolute atomic E-state index is 12.9. The third-order valence-corrected chi connectivity index (χ3v) is 3.41. The molecule has 1 N–H and O–H groups in total. The van der Waals surface area contributed by atoms with E-state index in [9.17, 15) is 18.3 Å². The van der Waals surface area contributed by atoms with E-state index in [0.717, 1.165) is 18.1 Å². The van der Waals surface area contributed by atoms with Crippen LogP contribution in [0.1, 0.15) is 35.6 Å². The van der Waals surface area contributed by atoms with Crippen molar-refractivity contribution in [3.8, 4) is 0 Å². The number of aliphatic hydroxyl groups excluding tert-OH is 1. The molecule has 0 bridgehead atoms. The molecule has 0 heterocycles. The summed E-state index contributed by atoms with van der Waals surface area (Å²) in [6.07, 6.45) is -3.84. The molecule has 0 amide bonds. The Morgan fingerprint density at radius 1 is 0.905 bits per heavy atom. The largest absolute Gasteiger partial charge is 0.416 e. The van der Waals surface area contributed by atoms with E-state index in [2.05, 4.69) is 0 Å². The molecule has 0 fully saturated rings. The van der Waals surface area contributed by atoms with Crippen molar-refractivity contribution in [3.05, 3.63) is 71.3 Å². The molecule has 0 aliphatic carbocycles. The highest BCUT2D eigenvalue weighted by Crippen LogP contribution is 2.35. The van der Waals surface area contributed by atoms with Gasteiger partial charge < -0.3 is 5.11 Å². The van der Waals surface area contributed by atoms with Crippen molar-refractivity contribution in [1.29, 1.82) is 0 Å². The molecule has 0 spiro atoms. The summed E-state index contributed by atoms with van der Waals surface area (Å²) in [4.78, 5) is 0. The third kappa shape index (κ3) is 4.33. The van der Waals surface area contributed by atoms with Gasteiger partial charge in [0.05, 0.1) is 11.7 Å². The second-order valence-corrected chi connectivity index (χ2v) is 4.98. The molecule has 4 heteroatoms. The fourth-order valence-corrected chi connectivity index (χ4v) is 2.35. The third-order valence-electron chi connectivity index (χ3n) is 3.41. The molecule has 1 unspecified atom stereocenters. The van der Waals surface area contributed by atoms with Gasteiger partial charge in [0.2, 0.25) is 0 Å². The van der Waals surface area contributed by atoms with Gasteiger partial charge in [-0.3, -0.25) is 0 Å². The number of aryl methyl sites for hydroxylation is 1. The normalized spacial score (nSPS) is 13.1. The lowest BCUT2D eigenvalue weighted by atomic mass is 9.97.